The fraction of sp³-hybridized carbons (Fsp3) is 0.700. The summed E-state index contributed by atoms with van der Waals surface area (Å²) in [6, 6.07) is 3.86. The molecule has 2 N–H and O–H groups in total. The molecule has 38 heavy (non-hydrogen) atoms. The van der Waals surface area contributed by atoms with E-state index in [0.717, 1.165) is 48.8 Å². The summed E-state index contributed by atoms with van der Waals surface area (Å²) in [6.07, 6.45) is 3.87. The van der Waals surface area contributed by atoms with Crippen LogP contribution in [0.3, 0.4) is 0 Å². The van der Waals surface area contributed by atoms with Crippen LogP contribution in [0.25, 0.3) is 0 Å². The number of carbonyl (C=O) groups excluding carboxylic acids is 3. The van der Waals surface area contributed by atoms with Crippen molar-refractivity contribution >= 4 is 30.5 Å². The smallest absolute Gasteiger partial charge is 0.408 e. The minimum atomic E-state index is -0.950. The molecule has 3 unspecified atom stereocenters. The Morgan fingerprint density at radius 2 is 1.63 bits per heavy atom. The van der Waals surface area contributed by atoms with Gasteiger partial charge in [0.15, 0.2) is 0 Å². The highest BCUT2D eigenvalue weighted by Crippen LogP contribution is 2.31. The van der Waals surface area contributed by atoms with Crippen LogP contribution in [0.1, 0.15) is 103 Å². The Hall–Kier alpha value is -2.22. The maximum absolute atomic E-state index is 14.2. The molecule has 7 nitrogen and oxygen atoms in total. The minimum absolute atomic E-state index is 0.0725. The van der Waals surface area contributed by atoms with Gasteiger partial charge in [-0.25, -0.2) is 4.79 Å². The molecule has 1 aromatic carbocycles. The highest BCUT2D eigenvalue weighted by atomic mass is 32.1. The number of thiol groups is 1. The zero-order valence-corrected chi connectivity index (χ0v) is 25.9. The molecule has 216 valence electrons. The number of hydrogen-bond acceptors (Lipinski definition) is 5. The molecular weight excluding hydrogens is 498 g/mol. The number of benzene rings is 1. The lowest BCUT2D eigenvalue weighted by molar-refractivity contribution is -0.144. The third kappa shape index (κ3) is 10.9. The van der Waals surface area contributed by atoms with Crippen LogP contribution in [0, 0.1) is 19.8 Å². The largest absolute Gasteiger partial charge is 0.444 e. The number of carbonyl (C=O) groups is 3. The third-order valence-corrected chi connectivity index (χ3v) is 6.85. The van der Waals surface area contributed by atoms with Crippen LogP contribution in [0.4, 0.5) is 4.79 Å². The molecular formula is C30H51N3O4S. The third-order valence-electron chi connectivity index (χ3n) is 6.48. The highest BCUT2D eigenvalue weighted by Gasteiger charge is 2.39. The molecule has 0 aromatic heterocycles. The van der Waals surface area contributed by atoms with Crippen molar-refractivity contribution in [2.24, 2.45) is 5.92 Å². The van der Waals surface area contributed by atoms with Crippen molar-refractivity contribution in [3.05, 3.63) is 34.9 Å². The minimum Gasteiger partial charge on any atom is -0.444 e. The molecule has 3 amide bonds. The molecule has 3 atom stereocenters. The van der Waals surface area contributed by atoms with Gasteiger partial charge in [0.2, 0.25) is 11.8 Å². The molecule has 0 saturated heterocycles. The molecule has 0 fully saturated rings. The van der Waals surface area contributed by atoms with Gasteiger partial charge >= 0.3 is 6.09 Å². The van der Waals surface area contributed by atoms with Crippen LogP contribution in [0.2, 0.25) is 0 Å². The van der Waals surface area contributed by atoms with E-state index in [4.69, 9.17) is 4.74 Å². The number of rotatable bonds is 14. The van der Waals surface area contributed by atoms with E-state index in [-0.39, 0.29) is 23.6 Å². The topological polar surface area (TPSA) is 87.7 Å². The predicted octanol–water partition coefficient (Wildman–Crippen LogP) is 6.13. The second-order valence-corrected chi connectivity index (χ2v) is 12.0. The number of amides is 3. The highest BCUT2D eigenvalue weighted by molar-refractivity contribution is 7.80. The van der Waals surface area contributed by atoms with Gasteiger partial charge in [-0.05, 0) is 83.4 Å². The molecule has 1 aromatic rings. The van der Waals surface area contributed by atoms with Crippen molar-refractivity contribution < 1.29 is 19.1 Å². The van der Waals surface area contributed by atoms with Gasteiger partial charge in [-0.3, -0.25) is 9.59 Å². The molecule has 0 saturated carbocycles. The van der Waals surface area contributed by atoms with Crippen molar-refractivity contribution in [2.45, 2.75) is 118 Å². The Bertz CT molecular complexity index is 893. The molecule has 1 rings (SSSR count). The van der Waals surface area contributed by atoms with Crippen LogP contribution in [0.15, 0.2) is 18.2 Å². The first-order valence-electron chi connectivity index (χ1n) is 14.0. The SMILES string of the molecule is CCCCCNC(=O)C(c1c(C)cccc1C)N(C(=O)C(CS)NC(=O)OC(C)(C)C)C(C)CCC(C)C. The number of nitrogens with zero attached hydrogens (tertiary/aromatic N) is 1. The maximum Gasteiger partial charge on any atom is 0.408 e. The Morgan fingerprint density at radius 3 is 2.13 bits per heavy atom. The first-order chi connectivity index (χ1) is 17.7. The van der Waals surface area contributed by atoms with Gasteiger partial charge in [-0.1, -0.05) is 51.8 Å². The number of aryl methyl sites for hydroxylation is 2. The molecule has 0 heterocycles. The summed E-state index contributed by atoms with van der Waals surface area (Å²) >= 11 is 4.40. The standard InChI is InChI=1S/C30H51N3O4S/c1-10-11-12-18-31-27(34)26(25-21(4)14-13-15-22(25)5)33(23(6)17-16-20(2)3)28(35)24(19-38)32-29(36)37-30(7,8)9/h13-15,20,23-24,26,38H,10-12,16-19H2,1-9H3,(H,31,34)(H,32,36). The molecule has 0 spiro atoms. The summed E-state index contributed by atoms with van der Waals surface area (Å²) < 4.78 is 5.41. The van der Waals surface area contributed by atoms with E-state index in [1.54, 1.807) is 25.7 Å². The molecule has 0 aliphatic rings. The Kier molecular flexibility index (Phi) is 14.2. The van der Waals surface area contributed by atoms with Gasteiger partial charge in [-0.2, -0.15) is 12.6 Å². The van der Waals surface area contributed by atoms with Crippen molar-refractivity contribution in [2.75, 3.05) is 12.3 Å². The van der Waals surface area contributed by atoms with Crippen molar-refractivity contribution in [1.29, 1.82) is 0 Å². The number of ether oxygens (including phenoxy) is 1. The van der Waals surface area contributed by atoms with Crippen LogP contribution >= 0.6 is 12.6 Å². The second kappa shape index (κ2) is 16.0. The molecule has 0 aliphatic carbocycles. The summed E-state index contributed by atoms with van der Waals surface area (Å²) in [6.45, 7) is 18.2. The van der Waals surface area contributed by atoms with Gasteiger partial charge in [0.05, 0.1) is 0 Å². The summed E-state index contributed by atoms with van der Waals surface area (Å²) in [5.74, 6) is -0.0447. The molecule has 8 heteroatoms. The van der Waals surface area contributed by atoms with Crippen molar-refractivity contribution in [3.8, 4) is 0 Å². The second-order valence-electron chi connectivity index (χ2n) is 11.7. The van der Waals surface area contributed by atoms with Crippen LogP contribution < -0.4 is 10.6 Å². The lowest BCUT2D eigenvalue weighted by atomic mass is 9.91. The lowest BCUT2D eigenvalue weighted by Crippen LogP contribution is -2.56. The Balaban J connectivity index is 3.56. The first-order valence-corrected chi connectivity index (χ1v) is 14.6. The van der Waals surface area contributed by atoms with E-state index in [1.807, 2.05) is 39.0 Å². The van der Waals surface area contributed by atoms with Crippen LogP contribution in [-0.2, 0) is 14.3 Å². The zero-order valence-electron chi connectivity index (χ0n) is 25.0. The van der Waals surface area contributed by atoms with Crippen molar-refractivity contribution in [1.82, 2.24) is 15.5 Å². The van der Waals surface area contributed by atoms with Gasteiger partial charge in [0.1, 0.15) is 17.7 Å². The van der Waals surface area contributed by atoms with E-state index in [2.05, 4.69) is 44.0 Å². The van der Waals surface area contributed by atoms with Gasteiger partial charge in [0.25, 0.3) is 0 Å². The van der Waals surface area contributed by atoms with E-state index >= 15 is 0 Å². The summed E-state index contributed by atoms with van der Waals surface area (Å²) in [4.78, 5) is 42.4. The number of hydrogen-bond donors (Lipinski definition) is 3. The monoisotopic (exact) mass is 549 g/mol. The van der Waals surface area contributed by atoms with Crippen LogP contribution in [-0.4, -0.2) is 52.8 Å². The van der Waals surface area contributed by atoms with E-state index in [1.165, 1.54) is 0 Å². The zero-order chi connectivity index (χ0) is 29.0. The maximum atomic E-state index is 14.2. The van der Waals surface area contributed by atoms with E-state index in [0.29, 0.717) is 12.5 Å². The van der Waals surface area contributed by atoms with E-state index < -0.39 is 23.8 Å². The van der Waals surface area contributed by atoms with Gasteiger partial charge in [0, 0.05) is 18.3 Å². The predicted molar refractivity (Wildman–Crippen MR) is 159 cm³/mol. The number of alkyl carbamates (subject to hydrolysis) is 1. The summed E-state index contributed by atoms with van der Waals surface area (Å²) in [5, 5.41) is 5.79. The lowest BCUT2D eigenvalue weighted by Gasteiger charge is -2.39. The van der Waals surface area contributed by atoms with Gasteiger partial charge in [-0.15, -0.1) is 0 Å². The quantitative estimate of drug-likeness (QED) is 0.193. The molecule has 0 radical (unpaired) electrons. The number of nitrogens with one attached hydrogen (secondary N) is 2. The molecule has 0 aliphatic heterocycles. The van der Waals surface area contributed by atoms with E-state index in [9.17, 15) is 14.4 Å². The van der Waals surface area contributed by atoms with Crippen LogP contribution in [0.5, 0.6) is 0 Å². The van der Waals surface area contributed by atoms with Gasteiger partial charge < -0.3 is 20.3 Å². The number of unbranched alkanes of at least 4 members (excludes halogenated alkanes) is 2. The fourth-order valence-corrected chi connectivity index (χ4v) is 4.71. The first kappa shape index (κ1) is 33.8. The summed E-state index contributed by atoms with van der Waals surface area (Å²) in [7, 11) is 0. The normalized spacial score (nSPS) is 14.0. The molecule has 0 bridgehead atoms. The average Bonchev–Trinajstić information content (AvgIpc) is 2.81. The Labute approximate surface area is 236 Å². The van der Waals surface area contributed by atoms with Crippen molar-refractivity contribution in [3.63, 3.8) is 0 Å². The average molecular weight is 550 g/mol. The fourth-order valence-electron chi connectivity index (χ4n) is 4.47. The Morgan fingerprint density at radius 1 is 1.03 bits per heavy atom. The summed E-state index contributed by atoms with van der Waals surface area (Å²) in [5.41, 5.74) is 1.99.